The van der Waals surface area contributed by atoms with Gasteiger partial charge in [0.15, 0.2) is 18.1 Å². The summed E-state index contributed by atoms with van der Waals surface area (Å²) < 4.78 is 10.4. The lowest BCUT2D eigenvalue weighted by Crippen LogP contribution is -2.18. The zero-order chi connectivity index (χ0) is 18.2. The average molecular weight is 378 g/mol. The van der Waals surface area contributed by atoms with Crippen molar-refractivity contribution in [1.82, 2.24) is 5.43 Å². The van der Waals surface area contributed by atoms with E-state index in [9.17, 15) is 4.79 Å². The molecule has 6 nitrogen and oxygen atoms in total. The molecule has 0 atom stereocenters. The van der Waals surface area contributed by atoms with Gasteiger partial charge in [0.2, 0.25) is 0 Å². The van der Waals surface area contributed by atoms with Crippen molar-refractivity contribution < 1.29 is 14.3 Å². The molecule has 0 fully saturated rings. The van der Waals surface area contributed by atoms with Crippen LogP contribution in [-0.2, 0) is 0 Å². The first-order chi connectivity index (χ1) is 12.0. The minimum atomic E-state index is -0.482. The molecule has 1 amide bonds. The van der Waals surface area contributed by atoms with Gasteiger partial charge in [-0.3, -0.25) is 4.79 Å². The molecule has 0 aliphatic rings. The molecule has 8 heteroatoms. The monoisotopic (exact) mass is 377 g/mol. The standard InChI is InChI=1S/C17H13Cl2N3O3/c1-24-16-8-11(2-5-15(16)25-7-6-20)10-21-22-17(23)13-9-12(18)3-4-14(13)19/h2-5,8-10H,7H2,1H3,(H,22,23)/b21-10-. The molecular weight excluding hydrogens is 365 g/mol. The molecule has 0 bridgehead atoms. The third kappa shape index (κ3) is 5.11. The number of nitriles is 1. The van der Waals surface area contributed by atoms with Crippen LogP contribution in [-0.4, -0.2) is 25.8 Å². The maximum Gasteiger partial charge on any atom is 0.272 e. The van der Waals surface area contributed by atoms with Gasteiger partial charge in [-0.05, 0) is 42.0 Å². The fourth-order valence-corrected chi connectivity index (χ4v) is 2.27. The lowest BCUT2D eigenvalue weighted by atomic mass is 10.2. The Kier molecular flexibility index (Phi) is 6.63. The van der Waals surface area contributed by atoms with Gasteiger partial charge in [-0.2, -0.15) is 10.4 Å². The summed E-state index contributed by atoms with van der Waals surface area (Å²) >= 11 is 11.8. The summed E-state index contributed by atoms with van der Waals surface area (Å²) in [5.74, 6) is 0.407. The Labute approximate surface area is 154 Å². The lowest BCUT2D eigenvalue weighted by Gasteiger charge is -2.08. The van der Waals surface area contributed by atoms with Gasteiger partial charge >= 0.3 is 0 Å². The van der Waals surface area contributed by atoms with Crippen molar-refractivity contribution in [3.8, 4) is 17.6 Å². The van der Waals surface area contributed by atoms with Crippen LogP contribution in [0.1, 0.15) is 15.9 Å². The van der Waals surface area contributed by atoms with Crippen molar-refractivity contribution in [3.63, 3.8) is 0 Å². The van der Waals surface area contributed by atoms with Crippen LogP contribution in [0.2, 0.25) is 10.0 Å². The van der Waals surface area contributed by atoms with Gasteiger partial charge in [0.05, 0.1) is 23.9 Å². The van der Waals surface area contributed by atoms with E-state index in [-0.39, 0.29) is 17.2 Å². The Balaban J connectivity index is 2.08. The van der Waals surface area contributed by atoms with Crippen molar-refractivity contribution in [1.29, 1.82) is 5.26 Å². The first-order valence-corrected chi connectivity index (χ1v) is 7.77. The number of nitrogens with one attached hydrogen (secondary N) is 1. The Morgan fingerprint density at radius 2 is 2.08 bits per heavy atom. The molecule has 0 heterocycles. The summed E-state index contributed by atoms with van der Waals surface area (Å²) in [6.07, 6.45) is 1.44. The highest BCUT2D eigenvalue weighted by molar-refractivity contribution is 6.35. The van der Waals surface area contributed by atoms with Gasteiger partial charge in [0.25, 0.3) is 5.91 Å². The quantitative estimate of drug-likeness (QED) is 0.614. The molecule has 2 aromatic rings. The number of rotatable bonds is 6. The molecular formula is C17H13Cl2N3O3. The third-order valence-electron chi connectivity index (χ3n) is 3.03. The van der Waals surface area contributed by atoms with Crippen molar-refractivity contribution in [2.75, 3.05) is 13.7 Å². The van der Waals surface area contributed by atoms with E-state index in [1.165, 1.54) is 25.5 Å². The molecule has 0 unspecified atom stereocenters. The predicted octanol–water partition coefficient (Wildman–Crippen LogP) is 3.67. The highest BCUT2D eigenvalue weighted by atomic mass is 35.5. The minimum Gasteiger partial charge on any atom is -0.493 e. The van der Waals surface area contributed by atoms with Crippen LogP contribution in [0.4, 0.5) is 0 Å². The van der Waals surface area contributed by atoms with Gasteiger partial charge in [-0.15, -0.1) is 0 Å². The Morgan fingerprint density at radius 3 is 2.80 bits per heavy atom. The number of methoxy groups -OCH3 is 1. The maximum absolute atomic E-state index is 12.1. The smallest absolute Gasteiger partial charge is 0.272 e. The minimum absolute atomic E-state index is 0.0831. The van der Waals surface area contributed by atoms with Crippen LogP contribution < -0.4 is 14.9 Å². The molecule has 0 spiro atoms. The maximum atomic E-state index is 12.1. The highest BCUT2D eigenvalue weighted by Gasteiger charge is 2.10. The first-order valence-electron chi connectivity index (χ1n) is 7.01. The van der Waals surface area contributed by atoms with E-state index < -0.39 is 5.91 Å². The van der Waals surface area contributed by atoms with E-state index in [1.807, 2.05) is 6.07 Å². The topological polar surface area (TPSA) is 83.7 Å². The summed E-state index contributed by atoms with van der Waals surface area (Å²) in [6.45, 7) is -0.0831. The van der Waals surface area contributed by atoms with Crippen molar-refractivity contribution in [3.05, 3.63) is 57.6 Å². The third-order valence-corrected chi connectivity index (χ3v) is 3.60. The molecule has 25 heavy (non-hydrogen) atoms. The molecule has 0 aliphatic carbocycles. The first kappa shape index (κ1) is 18.6. The number of hydrogen-bond donors (Lipinski definition) is 1. The fourth-order valence-electron chi connectivity index (χ4n) is 1.89. The predicted molar refractivity (Wildman–Crippen MR) is 95.6 cm³/mol. The zero-order valence-corrected chi connectivity index (χ0v) is 14.6. The van der Waals surface area contributed by atoms with E-state index in [0.717, 1.165) is 0 Å². The Morgan fingerprint density at radius 1 is 1.28 bits per heavy atom. The fraction of sp³-hybridized carbons (Fsp3) is 0.118. The molecule has 128 valence electrons. The van der Waals surface area contributed by atoms with Crippen molar-refractivity contribution >= 4 is 35.3 Å². The second-order valence-corrected chi connectivity index (χ2v) is 5.52. The van der Waals surface area contributed by atoms with Crippen LogP contribution in [0, 0.1) is 11.3 Å². The van der Waals surface area contributed by atoms with E-state index in [4.69, 9.17) is 37.9 Å². The number of hydrogen-bond acceptors (Lipinski definition) is 5. The number of carbonyl (C=O) groups excluding carboxylic acids is 1. The zero-order valence-electron chi connectivity index (χ0n) is 13.1. The molecule has 0 saturated heterocycles. The van der Waals surface area contributed by atoms with Gasteiger partial charge in [-0.25, -0.2) is 5.43 Å². The van der Waals surface area contributed by atoms with Gasteiger partial charge in [0.1, 0.15) is 6.07 Å². The van der Waals surface area contributed by atoms with E-state index in [1.54, 1.807) is 24.3 Å². The summed E-state index contributed by atoms with van der Waals surface area (Å²) in [4.78, 5) is 12.1. The van der Waals surface area contributed by atoms with Crippen LogP contribution in [0.25, 0.3) is 0 Å². The summed E-state index contributed by atoms with van der Waals surface area (Å²) in [5.41, 5.74) is 3.27. The summed E-state index contributed by atoms with van der Waals surface area (Å²) in [5, 5.41) is 13.1. The number of hydrazone groups is 1. The summed E-state index contributed by atoms with van der Waals surface area (Å²) in [6, 6.07) is 11.5. The molecule has 0 aliphatic heterocycles. The van der Waals surface area contributed by atoms with E-state index >= 15 is 0 Å². The normalized spacial score (nSPS) is 10.3. The number of ether oxygens (including phenoxy) is 2. The molecule has 0 aromatic heterocycles. The second-order valence-electron chi connectivity index (χ2n) is 4.68. The molecule has 0 saturated carbocycles. The van der Waals surface area contributed by atoms with E-state index in [2.05, 4.69) is 10.5 Å². The molecule has 2 aromatic carbocycles. The number of benzene rings is 2. The van der Waals surface area contributed by atoms with Crippen LogP contribution in [0.3, 0.4) is 0 Å². The summed E-state index contributed by atoms with van der Waals surface area (Å²) in [7, 11) is 1.48. The lowest BCUT2D eigenvalue weighted by molar-refractivity contribution is 0.0955. The SMILES string of the molecule is COc1cc(/C=N\NC(=O)c2cc(Cl)ccc2Cl)ccc1OCC#N. The largest absolute Gasteiger partial charge is 0.493 e. The number of carbonyl (C=O) groups is 1. The number of amides is 1. The number of nitrogens with zero attached hydrogens (tertiary/aromatic N) is 2. The highest BCUT2D eigenvalue weighted by Crippen LogP contribution is 2.27. The molecule has 1 N–H and O–H groups in total. The molecule has 0 radical (unpaired) electrons. The Bertz CT molecular complexity index is 848. The van der Waals surface area contributed by atoms with Gasteiger partial charge in [-0.1, -0.05) is 23.2 Å². The van der Waals surface area contributed by atoms with Crippen molar-refractivity contribution in [2.24, 2.45) is 5.10 Å². The van der Waals surface area contributed by atoms with Crippen LogP contribution in [0.5, 0.6) is 11.5 Å². The van der Waals surface area contributed by atoms with E-state index in [0.29, 0.717) is 22.1 Å². The Hall–Kier alpha value is -2.75. The molecule has 2 rings (SSSR count). The second kappa shape index (κ2) is 8.92. The van der Waals surface area contributed by atoms with Crippen LogP contribution >= 0.6 is 23.2 Å². The van der Waals surface area contributed by atoms with Crippen LogP contribution in [0.15, 0.2) is 41.5 Å². The van der Waals surface area contributed by atoms with Gasteiger partial charge in [0, 0.05) is 5.02 Å². The average Bonchev–Trinajstić information content (AvgIpc) is 2.62. The van der Waals surface area contributed by atoms with Crippen molar-refractivity contribution in [2.45, 2.75) is 0 Å². The van der Waals surface area contributed by atoms with Gasteiger partial charge < -0.3 is 9.47 Å². The number of halogens is 2.